The molecular weight excluding hydrogens is 364 g/mol. The first-order valence-electron chi connectivity index (χ1n) is 8.30. The highest BCUT2D eigenvalue weighted by Crippen LogP contribution is 2.42. The molecule has 0 atom stereocenters. The van der Waals surface area contributed by atoms with Gasteiger partial charge in [-0.1, -0.05) is 66.4 Å². The van der Waals surface area contributed by atoms with E-state index in [4.69, 9.17) is 0 Å². The summed E-state index contributed by atoms with van der Waals surface area (Å²) in [7, 11) is 0. The zero-order valence-corrected chi connectivity index (χ0v) is 14.9. The number of para-hydroxylation sites is 1. The number of hydrogen-bond donors (Lipinski definition) is 2. The number of aromatic nitrogens is 2. The Balaban J connectivity index is 1.79. The first-order chi connectivity index (χ1) is 13.2. The van der Waals surface area contributed by atoms with Crippen LogP contribution in [0.5, 0.6) is 0 Å². The molecule has 0 bridgehead atoms. The van der Waals surface area contributed by atoms with E-state index in [1.807, 2.05) is 60.7 Å². The minimum absolute atomic E-state index is 0.0628. The van der Waals surface area contributed by atoms with Crippen molar-refractivity contribution >= 4 is 23.3 Å². The number of halogens is 2. The molecule has 27 heavy (non-hydrogen) atoms. The van der Waals surface area contributed by atoms with Gasteiger partial charge < -0.3 is 5.32 Å². The third-order valence-electron chi connectivity index (χ3n) is 3.94. The molecule has 1 aromatic heterocycles. The van der Waals surface area contributed by atoms with Crippen LogP contribution in [0.15, 0.2) is 88.7 Å². The van der Waals surface area contributed by atoms with E-state index >= 15 is 0 Å². The summed E-state index contributed by atoms with van der Waals surface area (Å²) in [5, 5.41) is 10.5. The van der Waals surface area contributed by atoms with E-state index in [2.05, 4.69) is 15.5 Å². The number of anilines is 2. The molecular formula is C21H15F2N3S. The number of benzene rings is 3. The van der Waals surface area contributed by atoms with Gasteiger partial charge in [0.1, 0.15) is 11.6 Å². The van der Waals surface area contributed by atoms with E-state index in [0.29, 0.717) is 16.4 Å². The van der Waals surface area contributed by atoms with Crippen LogP contribution in [0.3, 0.4) is 0 Å². The van der Waals surface area contributed by atoms with E-state index in [9.17, 15) is 8.78 Å². The third-order valence-corrected chi connectivity index (χ3v) is 5.14. The summed E-state index contributed by atoms with van der Waals surface area (Å²) in [6.45, 7) is 0. The maximum Gasteiger partial charge on any atom is 0.166 e. The second-order valence-corrected chi connectivity index (χ2v) is 6.81. The molecule has 0 spiro atoms. The Morgan fingerprint density at radius 3 is 2.04 bits per heavy atom. The fourth-order valence-corrected chi connectivity index (χ4v) is 3.65. The number of hydrogen-bond acceptors (Lipinski definition) is 3. The lowest BCUT2D eigenvalue weighted by Gasteiger charge is -2.09. The lowest BCUT2D eigenvalue weighted by molar-refractivity contribution is 0.540. The van der Waals surface area contributed by atoms with Gasteiger partial charge in [-0.25, -0.2) is 8.78 Å². The van der Waals surface area contributed by atoms with Gasteiger partial charge in [-0.3, -0.25) is 5.10 Å². The van der Waals surface area contributed by atoms with Gasteiger partial charge in [-0.2, -0.15) is 5.10 Å². The SMILES string of the molecule is Fc1cccc(F)c1Sc1c(Nc2ccccc2)n[nH]c1-c1ccccc1. The van der Waals surface area contributed by atoms with Crippen LogP contribution < -0.4 is 5.32 Å². The Hall–Kier alpha value is -3.12. The van der Waals surface area contributed by atoms with E-state index in [1.165, 1.54) is 18.2 Å². The smallest absolute Gasteiger partial charge is 0.166 e. The van der Waals surface area contributed by atoms with Crippen LogP contribution >= 0.6 is 11.8 Å². The summed E-state index contributed by atoms with van der Waals surface area (Å²) in [5.74, 6) is -0.704. The maximum atomic E-state index is 14.2. The van der Waals surface area contributed by atoms with E-state index in [1.54, 1.807) is 0 Å². The number of rotatable bonds is 5. The number of aromatic amines is 1. The Kier molecular flexibility index (Phi) is 4.89. The molecule has 3 aromatic carbocycles. The maximum absolute atomic E-state index is 14.2. The summed E-state index contributed by atoms with van der Waals surface area (Å²) in [5.41, 5.74) is 2.41. The zero-order chi connectivity index (χ0) is 18.6. The number of nitrogens with zero attached hydrogens (tertiary/aromatic N) is 1. The van der Waals surface area contributed by atoms with Crippen molar-refractivity contribution in [2.75, 3.05) is 5.32 Å². The highest BCUT2D eigenvalue weighted by atomic mass is 32.2. The summed E-state index contributed by atoms with van der Waals surface area (Å²) in [6.07, 6.45) is 0. The highest BCUT2D eigenvalue weighted by molar-refractivity contribution is 7.99. The molecule has 0 unspecified atom stereocenters. The summed E-state index contributed by atoms with van der Waals surface area (Å²) < 4.78 is 28.4. The summed E-state index contributed by atoms with van der Waals surface area (Å²) >= 11 is 1.01. The van der Waals surface area contributed by atoms with Crippen molar-refractivity contribution in [2.24, 2.45) is 0 Å². The first kappa shape index (κ1) is 17.3. The largest absolute Gasteiger partial charge is 0.338 e. The minimum atomic E-state index is -0.606. The fraction of sp³-hybridized carbons (Fsp3) is 0. The van der Waals surface area contributed by atoms with Crippen LogP contribution in [-0.4, -0.2) is 10.2 Å². The van der Waals surface area contributed by atoms with E-state index in [0.717, 1.165) is 23.0 Å². The average Bonchev–Trinajstić information content (AvgIpc) is 3.08. The molecule has 3 nitrogen and oxygen atoms in total. The average molecular weight is 379 g/mol. The standard InChI is InChI=1S/C21H15F2N3S/c22-16-12-7-13-17(23)19(16)27-20-18(14-8-3-1-4-9-14)25-26-21(20)24-15-10-5-2-6-11-15/h1-13H,(H2,24,25,26). The van der Waals surface area contributed by atoms with Gasteiger partial charge in [-0.15, -0.1) is 0 Å². The van der Waals surface area contributed by atoms with Crippen LogP contribution in [0.4, 0.5) is 20.3 Å². The molecule has 1 heterocycles. The van der Waals surface area contributed by atoms with Gasteiger partial charge in [0.15, 0.2) is 5.82 Å². The van der Waals surface area contributed by atoms with Crippen molar-refractivity contribution < 1.29 is 8.78 Å². The molecule has 0 fully saturated rings. The third kappa shape index (κ3) is 3.71. The molecule has 4 aromatic rings. The monoisotopic (exact) mass is 379 g/mol. The van der Waals surface area contributed by atoms with Crippen molar-refractivity contribution in [2.45, 2.75) is 9.79 Å². The second-order valence-electron chi connectivity index (χ2n) is 5.79. The van der Waals surface area contributed by atoms with Gasteiger partial charge >= 0.3 is 0 Å². The quantitative estimate of drug-likeness (QED) is 0.431. The van der Waals surface area contributed by atoms with Crippen molar-refractivity contribution in [3.63, 3.8) is 0 Å². The molecule has 2 N–H and O–H groups in total. The van der Waals surface area contributed by atoms with E-state index in [-0.39, 0.29) is 4.90 Å². The van der Waals surface area contributed by atoms with Crippen molar-refractivity contribution in [1.29, 1.82) is 0 Å². The summed E-state index contributed by atoms with van der Waals surface area (Å²) in [6, 6.07) is 22.9. The Morgan fingerprint density at radius 2 is 1.37 bits per heavy atom. The lowest BCUT2D eigenvalue weighted by Crippen LogP contribution is -1.93. The first-order valence-corrected chi connectivity index (χ1v) is 9.12. The molecule has 0 amide bonds. The van der Waals surface area contributed by atoms with Gasteiger partial charge in [0, 0.05) is 11.3 Å². The van der Waals surface area contributed by atoms with E-state index < -0.39 is 11.6 Å². The van der Waals surface area contributed by atoms with Crippen LogP contribution in [0.1, 0.15) is 0 Å². The topological polar surface area (TPSA) is 40.7 Å². The molecule has 0 aliphatic rings. The molecule has 0 aliphatic carbocycles. The highest BCUT2D eigenvalue weighted by Gasteiger charge is 2.20. The molecule has 0 aliphatic heterocycles. The molecule has 0 saturated heterocycles. The van der Waals surface area contributed by atoms with Crippen LogP contribution in [-0.2, 0) is 0 Å². The Bertz CT molecular complexity index is 1030. The second kappa shape index (κ2) is 7.63. The van der Waals surface area contributed by atoms with Crippen molar-refractivity contribution in [3.8, 4) is 11.3 Å². The predicted octanol–water partition coefficient (Wildman–Crippen LogP) is 6.25. The molecule has 0 radical (unpaired) electrons. The Morgan fingerprint density at radius 1 is 0.741 bits per heavy atom. The fourth-order valence-electron chi connectivity index (χ4n) is 2.66. The summed E-state index contributed by atoms with van der Waals surface area (Å²) in [4.78, 5) is 0.557. The molecule has 134 valence electrons. The van der Waals surface area contributed by atoms with Crippen molar-refractivity contribution in [1.82, 2.24) is 10.2 Å². The molecule has 6 heteroatoms. The molecule has 0 saturated carbocycles. The lowest BCUT2D eigenvalue weighted by atomic mass is 10.1. The number of nitrogens with one attached hydrogen (secondary N) is 2. The van der Waals surface area contributed by atoms with Gasteiger partial charge in [-0.05, 0) is 24.3 Å². The van der Waals surface area contributed by atoms with Gasteiger partial charge in [0.2, 0.25) is 0 Å². The Labute approximate surface area is 159 Å². The molecule has 4 rings (SSSR count). The predicted molar refractivity (Wildman–Crippen MR) is 104 cm³/mol. The van der Waals surface area contributed by atoms with Crippen LogP contribution in [0, 0.1) is 11.6 Å². The zero-order valence-electron chi connectivity index (χ0n) is 14.1. The van der Waals surface area contributed by atoms with Gasteiger partial charge in [0.25, 0.3) is 0 Å². The van der Waals surface area contributed by atoms with Crippen molar-refractivity contribution in [3.05, 3.63) is 90.5 Å². The number of H-pyrrole nitrogens is 1. The van der Waals surface area contributed by atoms with Crippen LogP contribution in [0.25, 0.3) is 11.3 Å². The minimum Gasteiger partial charge on any atom is -0.338 e. The van der Waals surface area contributed by atoms with Crippen LogP contribution in [0.2, 0.25) is 0 Å². The normalized spacial score (nSPS) is 10.7. The van der Waals surface area contributed by atoms with Gasteiger partial charge in [0.05, 0.1) is 15.5 Å².